The summed E-state index contributed by atoms with van der Waals surface area (Å²) in [4.78, 5) is 10.8. The van der Waals surface area contributed by atoms with Crippen molar-refractivity contribution in [2.24, 2.45) is 0 Å². The van der Waals surface area contributed by atoms with Crippen molar-refractivity contribution in [2.75, 3.05) is 23.0 Å². The Morgan fingerprint density at radius 3 is 2.44 bits per heavy atom. The van der Waals surface area contributed by atoms with Gasteiger partial charge in [0.05, 0.1) is 5.88 Å². The van der Waals surface area contributed by atoms with Crippen LogP contribution in [0, 0.1) is 0 Å². The van der Waals surface area contributed by atoms with Gasteiger partial charge in [-0.2, -0.15) is 4.31 Å². The van der Waals surface area contributed by atoms with E-state index in [0.717, 1.165) is 22.3 Å². The maximum atomic E-state index is 11.6. The molecular weight excluding hydrogens is 278 g/mol. The molecule has 0 saturated carbocycles. The third-order valence-corrected chi connectivity index (χ3v) is 7.03. The zero-order valence-corrected chi connectivity index (χ0v) is 10.8. The molecule has 0 aliphatic carbocycles. The Bertz CT molecular complexity index is 480. The summed E-state index contributed by atoms with van der Waals surface area (Å²) in [5.74, 6) is -1.14. The largest absolute Gasteiger partial charge is 0.480 e. The molecule has 1 fully saturated rings. The molecular formula is C6H11NO6S3. The highest BCUT2D eigenvalue weighted by Gasteiger charge is 2.40. The number of rotatable bonds is 4. The minimum Gasteiger partial charge on any atom is -0.480 e. The van der Waals surface area contributed by atoms with Gasteiger partial charge in [0.15, 0.2) is 14.9 Å². The molecule has 16 heavy (non-hydrogen) atoms. The molecule has 0 amide bonds. The van der Waals surface area contributed by atoms with Gasteiger partial charge < -0.3 is 5.11 Å². The van der Waals surface area contributed by atoms with Gasteiger partial charge in [0, 0.05) is 12.0 Å². The van der Waals surface area contributed by atoms with E-state index in [1.165, 1.54) is 0 Å². The Morgan fingerprint density at radius 1 is 1.44 bits per heavy atom. The van der Waals surface area contributed by atoms with Crippen LogP contribution in [-0.4, -0.2) is 61.2 Å². The average Bonchev–Trinajstić information content (AvgIpc) is 2.45. The van der Waals surface area contributed by atoms with Gasteiger partial charge >= 0.3 is 5.97 Å². The highest BCUT2D eigenvalue weighted by Crippen LogP contribution is 2.25. The molecule has 0 aromatic heterocycles. The van der Waals surface area contributed by atoms with Crippen LogP contribution in [0.4, 0.5) is 0 Å². The zero-order valence-electron chi connectivity index (χ0n) is 8.36. The van der Waals surface area contributed by atoms with Gasteiger partial charge in [-0.05, 0) is 0 Å². The van der Waals surface area contributed by atoms with Crippen molar-refractivity contribution in [3.8, 4) is 0 Å². The second-order valence-corrected chi connectivity index (χ2v) is 8.82. The SMILES string of the molecule is CS(=O)(=O)CS(=O)(=O)N1CSC[C@H]1C(=O)O. The number of hydrogen-bond donors (Lipinski definition) is 1. The topological polar surface area (TPSA) is 109 Å². The van der Waals surface area contributed by atoms with Crippen LogP contribution in [0.15, 0.2) is 0 Å². The van der Waals surface area contributed by atoms with Crippen LogP contribution < -0.4 is 0 Å². The monoisotopic (exact) mass is 289 g/mol. The van der Waals surface area contributed by atoms with E-state index < -0.39 is 37.0 Å². The molecule has 7 nitrogen and oxygen atoms in total. The molecule has 1 saturated heterocycles. The van der Waals surface area contributed by atoms with Crippen LogP contribution >= 0.6 is 11.8 Å². The maximum Gasteiger partial charge on any atom is 0.322 e. The highest BCUT2D eigenvalue weighted by molar-refractivity contribution is 8.07. The Kier molecular flexibility index (Phi) is 3.87. The van der Waals surface area contributed by atoms with E-state index in [4.69, 9.17) is 5.11 Å². The molecule has 0 spiro atoms. The lowest BCUT2D eigenvalue weighted by Crippen LogP contribution is -2.43. The number of sulfonamides is 1. The molecule has 94 valence electrons. The third kappa shape index (κ3) is 3.34. The molecule has 0 aromatic rings. The van der Waals surface area contributed by atoms with Crippen molar-refractivity contribution in [3.63, 3.8) is 0 Å². The van der Waals surface area contributed by atoms with Crippen LogP contribution in [0.3, 0.4) is 0 Å². The summed E-state index contributed by atoms with van der Waals surface area (Å²) in [6.45, 7) is 0. The second-order valence-electron chi connectivity index (χ2n) is 3.40. The van der Waals surface area contributed by atoms with Crippen LogP contribution in [0.1, 0.15) is 0 Å². The lowest BCUT2D eigenvalue weighted by atomic mass is 10.4. The smallest absolute Gasteiger partial charge is 0.322 e. The van der Waals surface area contributed by atoms with Crippen molar-refractivity contribution >= 4 is 37.6 Å². The van der Waals surface area contributed by atoms with Gasteiger partial charge in [0.1, 0.15) is 6.04 Å². The summed E-state index contributed by atoms with van der Waals surface area (Å²) in [7, 11) is -7.77. The number of carbonyl (C=O) groups is 1. The van der Waals surface area contributed by atoms with Crippen molar-refractivity contribution in [2.45, 2.75) is 6.04 Å². The van der Waals surface area contributed by atoms with Crippen molar-refractivity contribution in [3.05, 3.63) is 0 Å². The fraction of sp³-hybridized carbons (Fsp3) is 0.833. The fourth-order valence-corrected chi connectivity index (χ4v) is 6.46. The summed E-state index contributed by atoms with van der Waals surface area (Å²) in [5.41, 5.74) is 0. The van der Waals surface area contributed by atoms with E-state index in [1.54, 1.807) is 0 Å². The predicted octanol–water partition coefficient (Wildman–Crippen LogP) is -1.22. The minimum absolute atomic E-state index is 0.0190. The lowest BCUT2D eigenvalue weighted by Gasteiger charge is -2.19. The van der Waals surface area contributed by atoms with Crippen LogP contribution in [-0.2, 0) is 24.7 Å². The Hall–Kier alpha value is -0.320. The van der Waals surface area contributed by atoms with Crippen LogP contribution in [0.5, 0.6) is 0 Å². The van der Waals surface area contributed by atoms with E-state index in [1.807, 2.05) is 0 Å². The first-order valence-corrected chi connectivity index (χ1v) is 8.94. The number of nitrogens with zero attached hydrogens (tertiary/aromatic N) is 1. The molecule has 1 heterocycles. The first-order chi connectivity index (χ1) is 7.13. The van der Waals surface area contributed by atoms with E-state index in [-0.39, 0.29) is 11.6 Å². The number of carboxylic acids is 1. The molecule has 1 aliphatic heterocycles. The van der Waals surface area contributed by atoms with Crippen LogP contribution in [0.25, 0.3) is 0 Å². The summed E-state index contributed by atoms with van der Waals surface area (Å²) in [5, 5.41) is 7.73. The summed E-state index contributed by atoms with van der Waals surface area (Å²) in [6, 6.07) is -1.17. The van der Waals surface area contributed by atoms with E-state index in [2.05, 4.69) is 0 Å². The van der Waals surface area contributed by atoms with Gasteiger partial charge in [-0.1, -0.05) is 0 Å². The average molecular weight is 289 g/mol. The molecule has 0 unspecified atom stereocenters. The van der Waals surface area contributed by atoms with Crippen molar-refractivity contribution in [1.82, 2.24) is 4.31 Å². The van der Waals surface area contributed by atoms with E-state index in [9.17, 15) is 21.6 Å². The van der Waals surface area contributed by atoms with Gasteiger partial charge in [-0.15, -0.1) is 11.8 Å². The number of thioether (sulfide) groups is 1. The highest BCUT2D eigenvalue weighted by atomic mass is 32.3. The maximum absolute atomic E-state index is 11.6. The molecule has 0 aromatic carbocycles. The van der Waals surface area contributed by atoms with Gasteiger partial charge in [-0.25, -0.2) is 16.8 Å². The second kappa shape index (κ2) is 4.51. The van der Waals surface area contributed by atoms with Gasteiger partial charge in [-0.3, -0.25) is 4.79 Å². The Morgan fingerprint density at radius 2 is 2.00 bits per heavy atom. The van der Waals surface area contributed by atoms with Crippen LogP contribution in [0.2, 0.25) is 0 Å². The first kappa shape index (κ1) is 13.7. The number of hydrogen-bond acceptors (Lipinski definition) is 6. The third-order valence-electron chi connectivity index (χ3n) is 1.85. The first-order valence-electron chi connectivity index (χ1n) is 4.11. The van der Waals surface area contributed by atoms with Crippen molar-refractivity contribution in [1.29, 1.82) is 0 Å². The quantitative estimate of drug-likeness (QED) is 0.690. The normalized spacial score (nSPS) is 23.4. The molecule has 0 radical (unpaired) electrons. The summed E-state index contributed by atoms with van der Waals surface area (Å²) >= 11 is 1.14. The molecule has 10 heteroatoms. The molecule has 1 rings (SSSR count). The Balaban J connectivity index is 2.96. The zero-order chi connectivity index (χ0) is 12.6. The summed E-state index contributed by atoms with van der Waals surface area (Å²) < 4.78 is 45.8. The predicted molar refractivity (Wildman–Crippen MR) is 59.2 cm³/mol. The van der Waals surface area contributed by atoms with Crippen molar-refractivity contribution < 1.29 is 26.7 Å². The van der Waals surface area contributed by atoms with Gasteiger partial charge in [0.2, 0.25) is 10.0 Å². The molecule has 0 bridgehead atoms. The van der Waals surface area contributed by atoms with E-state index >= 15 is 0 Å². The lowest BCUT2D eigenvalue weighted by molar-refractivity contribution is -0.140. The van der Waals surface area contributed by atoms with Gasteiger partial charge in [0.25, 0.3) is 0 Å². The van der Waals surface area contributed by atoms with E-state index in [0.29, 0.717) is 0 Å². The fourth-order valence-electron chi connectivity index (χ4n) is 1.23. The number of aliphatic carboxylic acids is 1. The minimum atomic E-state index is -4.07. The Labute approximate surface area is 97.8 Å². The number of sulfone groups is 1. The number of carboxylic acid groups (broad SMARTS) is 1. The summed E-state index contributed by atoms with van der Waals surface area (Å²) in [6.07, 6.45) is 0.795. The molecule has 1 atom stereocenters. The molecule has 1 N–H and O–H groups in total. The molecule has 1 aliphatic rings. The standard InChI is InChI=1S/C6H11NO6S3/c1-15(10,11)4-16(12,13)7-3-14-2-5(7)6(8)9/h5H,2-4H2,1H3,(H,8,9)/t5-/m0/s1.